The van der Waals surface area contributed by atoms with E-state index >= 15 is 0 Å². The molecule has 1 spiro atoms. The first kappa shape index (κ1) is 14.6. The van der Waals surface area contributed by atoms with Gasteiger partial charge in [-0.15, -0.1) is 0 Å². The summed E-state index contributed by atoms with van der Waals surface area (Å²) in [6.07, 6.45) is 4.79. The number of hydrogen-bond acceptors (Lipinski definition) is 4. The second kappa shape index (κ2) is 6.20. The lowest BCUT2D eigenvalue weighted by atomic mass is 9.78. The van der Waals surface area contributed by atoms with Gasteiger partial charge < -0.3 is 14.1 Å². The number of carbonyl (C=O) groups is 1. The van der Waals surface area contributed by atoms with Crippen molar-refractivity contribution in [2.24, 2.45) is 5.41 Å². The Labute approximate surface area is 125 Å². The summed E-state index contributed by atoms with van der Waals surface area (Å²) >= 11 is 0. The summed E-state index contributed by atoms with van der Waals surface area (Å²) in [5, 5.41) is 0. The van der Waals surface area contributed by atoms with Crippen molar-refractivity contribution < 1.29 is 13.9 Å². The summed E-state index contributed by atoms with van der Waals surface area (Å²) in [6.45, 7) is 4.92. The average molecular weight is 292 g/mol. The van der Waals surface area contributed by atoms with Gasteiger partial charge in [0.05, 0.1) is 24.8 Å². The normalized spacial score (nSPS) is 26.9. The largest absolute Gasteiger partial charge is 0.468 e. The monoisotopic (exact) mass is 292 g/mol. The molecule has 21 heavy (non-hydrogen) atoms. The van der Waals surface area contributed by atoms with Crippen LogP contribution in [-0.4, -0.2) is 55.6 Å². The van der Waals surface area contributed by atoms with E-state index in [1.54, 1.807) is 13.4 Å². The van der Waals surface area contributed by atoms with E-state index in [2.05, 4.69) is 4.90 Å². The van der Waals surface area contributed by atoms with E-state index in [1.807, 2.05) is 17.0 Å². The SMILES string of the molecule is COCCN1CC[C@]2(CCCN(Cc3ccco3)C2)C1=O. The van der Waals surface area contributed by atoms with Gasteiger partial charge in [-0.25, -0.2) is 0 Å². The summed E-state index contributed by atoms with van der Waals surface area (Å²) < 4.78 is 10.5. The molecule has 2 aliphatic heterocycles. The van der Waals surface area contributed by atoms with Crippen LogP contribution in [0.15, 0.2) is 22.8 Å². The van der Waals surface area contributed by atoms with Crippen molar-refractivity contribution in [1.82, 2.24) is 9.80 Å². The van der Waals surface area contributed by atoms with Crippen LogP contribution in [0, 0.1) is 5.41 Å². The minimum Gasteiger partial charge on any atom is -0.468 e. The van der Waals surface area contributed by atoms with Crippen LogP contribution in [0.5, 0.6) is 0 Å². The Morgan fingerprint density at radius 2 is 2.29 bits per heavy atom. The molecule has 1 amide bonds. The van der Waals surface area contributed by atoms with E-state index in [9.17, 15) is 4.79 Å². The van der Waals surface area contributed by atoms with Gasteiger partial charge in [-0.1, -0.05) is 0 Å². The molecule has 2 aliphatic rings. The van der Waals surface area contributed by atoms with Gasteiger partial charge >= 0.3 is 0 Å². The number of furan rings is 1. The Morgan fingerprint density at radius 1 is 1.38 bits per heavy atom. The van der Waals surface area contributed by atoms with Crippen molar-refractivity contribution in [3.63, 3.8) is 0 Å². The number of piperidine rings is 1. The number of carbonyl (C=O) groups excluding carboxylic acids is 1. The molecule has 5 heteroatoms. The average Bonchev–Trinajstić information content (AvgIpc) is 3.09. The van der Waals surface area contributed by atoms with E-state index in [-0.39, 0.29) is 5.41 Å². The standard InChI is InChI=1S/C16H24N2O3/c1-20-11-9-18-8-6-16(15(18)19)5-3-7-17(13-16)12-14-4-2-10-21-14/h2,4,10H,3,5-9,11-13H2,1H3/t16-/m0/s1. The molecule has 0 bridgehead atoms. The first-order chi connectivity index (χ1) is 10.2. The van der Waals surface area contributed by atoms with Crippen molar-refractivity contribution in [2.45, 2.75) is 25.8 Å². The molecule has 3 heterocycles. The molecule has 0 unspecified atom stereocenters. The smallest absolute Gasteiger partial charge is 0.230 e. The molecule has 5 nitrogen and oxygen atoms in total. The van der Waals surface area contributed by atoms with Crippen molar-refractivity contribution in [1.29, 1.82) is 0 Å². The van der Waals surface area contributed by atoms with Gasteiger partial charge in [0, 0.05) is 26.7 Å². The number of rotatable bonds is 5. The highest BCUT2D eigenvalue weighted by Gasteiger charge is 2.48. The zero-order chi connectivity index (χ0) is 14.7. The van der Waals surface area contributed by atoms with Crippen molar-refractivity contribution in [3.05, 3.63) is 24.2 Å². The highest BCUT2D eigenvalue weighted by molar-refractivity contribution is 5.85. The van der Waals surface area contributed by atoms with Gasteiger partial charge in [-0.3, -0.25) is 9.69 Å². The predicted molar refractivity (Wildman–Crippen MR) is 78.7 cm³/mol. The van der Waals surface area contributed by atoms with Gasteiger partial charge in [-0.05, 0) is 37.9 Å². The molecule has 1 aromatic heterocycles. The Balaban J connectivity index is 1.63. The van der Waals surface area contributed by atoms with E-state index < -0.39 is 0 Å². The third-order valence-corrected chi connectivity index (χ3v) is 4.78. The lowest BCUT2D eigenvalue weighted by molar-refractivity contribution is -0.139. The summed E-state index contributed by atoms with van der Waals surface area (Å²) in [7, 11) is 1.68. The molecule has 1 aromatic rings. The molecule has 3 rings (SSSR count). The fourth-order valence-corrected chi connectivity index (χ4v) is 3.67. The fraction of sp³-hybridized carbons (Fsp3) is 0.688. The zero-order valence-electron chi connectivity index (χ0n) is 12.7. The number of hydrogen-bond donors (Lipinski definition) is 0. The topological polar surface area (TPSA) is 45.9 Å². The molecule has 0 saturated carbocycles. The number of ether oxygens (including phenoxy) is 1. The molecule has 2 saturated heterocycles. The lowest BCUT2D eigenvalue weighted by Crippen LogP contribution is -2.47. The molecule has 2 fully saturated rings. The quantitative estimate of drug-likeness (QED) is 0.829. The number of likely N-dealkylation sites (tertiary alicyclic amines) is 2. The van der Waals surface area contributed by atoms with Crippen LogP contribution >= 0.6 is 0 Å². The van der Waals surface area contributed by atoms with E-state index in [4.69, 9.17) is 9.15 Å². The van der Waals surface area contributed by atoms with Gasteiger partial charge in [0.2, 0.25) is 5.91 Å². The van der Waals surface area contributed by atoms with E-state index in [0.717, 1.165) is 57.7 Å². The third kappa shape index (κ3) is 2.99. The van der Waals surface area contributed by atoms with E-state index in [0.29, 0.717) is 12.5 Å². The molecular weight excluding hydrogens is 268 g/mol. The molecular formula is C16H24N2O3. The third-order valence-electron chi connectivity index (χ3n) is 4.78. The first-order valence-corrected chi connectivity index (χ1v) is 7.77. The number of nitrogens with zero attached hydrogens (tertiary/aromatic N) is 2. The lowest BCUT2D eigenvalue weighted by Gasteiger charge is -2.38. The highest BCUT2D eigenvalue weighted by Crippen LogP contribution is 2.40. The molecule has 0 aliphatic carbocycles. The van der Waals surface area contributed by atoms with Crippen LogP contribution in [-0.2, 0) is 16.1 Å². The Kier molecular flexibility index (Phi) is 4.31. The molecule has 1 atom stereocenters. The summed E-state index contributed by atoms with van der Waals surface area (Å²) in [5.41, 5.74) is -0.168. The van der Waals surface area contributed by atoms with Crippen LogP contribution in [0.25, 0.3) is 0 Å². The Bertz CT molecular complexity index is 474. The summed E-state index contributed by atoms with van der Waals surface area (Å²) in [4.78, 5) is 17.1. The molecule has 0 radical (unpaired) electrons. The van der Waals surface area contributed by atoms with Gasteiger partial charge in [0.15, 0.2) is 0 Å². The van der Waals surface area contributed by atoms with Gasteiger partial charge in [-0.2, -0.15) is 0 Å². The molecule has 0 N–H and O–H groups in total. The zero-order valence-corrected chi connectivity index (χ0v) is 12.7. The second-order valence-electron chi connectivity index (χ2n) is 6.21. The Hall–Kier alpha value is -1.33. The van der Waals surface area contributed by atoms with Crippen LogP contribution in [0.2, 0.25) is 0 Å². The fourth-order valence-electron chi connectivity index (χ4n) is 3.67. The summed E-state index contributed by atoms with van der Waals surface area (Å²) in [6, 6.07) is 3.92. The van der Waals surface area contributed by atoms with Crippen molar-refractivity contribution >= 4 is 5.91 Å². The maximum Gasteiger partial charge on any atom is 0.230 e. The van der Waals surface area contributed by atoms with Gasteiger partial charge in [0.25, 0.3) is 0 Å². The minimum atomic E-state index is -0.168. The maximum absolute atomic E-state index is 12.8. The van der Waals surface area contributed by atoms with E-state index in [1.165, 1.54) is 0 Å². The second-order valence-corrected chi connectivity index (χ2v) is 6.21. The number of amides is 1. The van der Waals surface area contributed by atoms with Crippen LogP contribution < -0.4 is 0 Å². The molecule has 116 valence electrons. The predicted octanol–water partition coefficient (Wildman–Crippen LogP) is 1.74. The van der Waals surface area contributed by atoms with Crippen molar-refractivity contribution in [3.8, 4) is 0 Å². The Morgan fingerprint density at radius 3 is 3.05 bits per heavy atom. The summed E-state index contributed by atoms with van der Waals surface area (Å²) in [5.74, 6) is 1.30. The van der Waals surface area contributed by atoms with Crippen LogP contribution in [0.4, 0.5) is 0 Å². The van der Waals surface area contributed by atoms with Crippen molar-refractivity contribution in [2.75, 3.05) is 39.9 Å². The first-order valence-electron chi connectivity index (χ1n) is 7.77. The maximum atomic E-state index is 12.8. The molecule has 0 aromatic carbocycles. The van der Waals surface area contributed by atoms with Crippen LogP contribution in [0.1, 0.15) is 25.0 Å². The minimum absolute atomic E-state index is 0.168. The van der Waals surface area contributed by atoms with Crippen LogP contribution in [0.3, 0.4) is 0 Å². The highest BCUT2D eigenvalue weighted by atomic mass is 16.5. The number of methoxy groups -OCH3 is 1. The van der Waals surface area contributed by atoms with Gasteiger partial charge in [0.1, 0.15) is 5.76 Å².